The van der Waals surface area contributed by atoms with E-state index in [9.17, 15) is 14.7 Å². The fourth-order valence-electron chi connectivity index (χ4n) is 5.60. The number of nitrogens with one attached hydrogen (secondary N) is 1. The van der Waals surface area contributed by atoms with Crippen molar-refractivity contribution in [3.05, 3.63) is 36.0 Å². The molecule has 10 heteroatoms. The molecule has 2 aliphatic rings. The minimum atomic E-state index is -0.708. The molecule has 43 heavy (non-hydrogen) atoms. The van der Waals surface area contributed by atoms with E-state index < -0.39 is 12.1 Å². The molecule has 2 aliphatic heterocycles. The third kappa shape index (κ3) is 8.80. The van der Waals surface area contributed by atoms with E-state index in [1.807, 2.05) is 70.5 Å². The molecule has 240 valence electrons. The first-order valence-corrected chi connectivity index (χ1v) is 16.1. The zero-order valence-electron chi connectivity index (χ0n) is 27.5. The Kier molecular flexibility index (Phi) is 13.0. The molecule has 2 N–H and O–H groups in total. The number of hydrogen-bond donors (Lipinski definition) is 2. The van der Waals surface area contributed by atoms with Crippen LogP contribution in [-0.2, 0) is 16.1 Å². The summed E-state index contributed by atoms with van der Waals surface area (Å²) in [7, 11) is 2.15. The van der Waals surface area contributed by atoms with Gasteiger partial charge in [-0.15, -0.1) is 0 Å². The molecule has 4 rings (SSSR count). The summed E-state index contributed by atoms with van der Waals surface area (Å²) in [5.41, 5.74) is 2.88. The lowest BCUT2D eigenvalue weighted by molar-refractivity contribution is -0.142. The van der Waals surface area contributed by atoms with Crippen molar-refractivity contribution in [2.24, 2.45) is 11.8 Å². The van der Waals surface area contributed by atoms with E-state index in [2.05, 4.69) is 34.2 Å². The Morgan fingerprint density at radius 1 is 1.09 bits per heavy atom. The SMILES string of the molecule is CC.CCn1nccc1-c1ccc(C(C)NC(=O)C2CC(O)CN2C(=O)C(C)C(C)C)c(OCCN2CCN(C)CC2)c1. The van der Waals surface area contributed by atoms with Gasteiger partial charge in [0.05, 0.1) is 17.8 Å². The molecule has 0 bridgehead atoms. The van der Waals surface area contributed by atoms with Crippen molar-refractivity contribution in [2.75, 3.05) is 52.9 Å². The van der Waals surface area contributed by atoms with Crippen molar-refractivity contribution in [3.63, 3.8) is 0 Å². The molecule has 0 spiro atoms. The number of benzene rings is 1. The quantitative estimate of drug-likeness (QED) is 0.407. The van der Waals surface area contributed by atoms with Gasteiger partial charge in [-0.1, -0.05) is 46.8 Å². The van der Waals surface area contributed by atoms with Crippen molar-refractivity contribution in [3.8, 4) is 17.0 Å². The van der Waals surface area contributed by atoms with Gasteiger partial charge in [-0.25, -0.2) is 0 Å². The second-order valence-corrected chi connectivity index (χ2v) is 11.9. The third-order valence-electron chi connectivity index (χ3n) is 8.67. The summed E-state index contributed by atoms with van der Waals surface area (Å²) in [5.74, 6) is 0.304. The molecule has 2 fully saturated rings. The largest absolute Gasteiger partial charge is 0.492 e. The van der Waals surface area contributed by atoms with Crippen molar-refractivity contribution in [1.29, 1.82) is 0 Å². The number of β-amino-alcohol motifs (C(OH)–C–C–N with tert-alkyl or cyclic N) is 1. The van der Waals surface area contributed by atoms with Crippen LogP contribution in [0.1, 0.15) is 66.5 Å². The van der Waals surface area contributed by atoms with Crippen molar-refractivity contribution >= 4 is 11.8 Å². The van der Waals surface area contributed by atoms with Gasteiger partial charge in [0.2, 0.25) is 11.8 Å². The number of piperazine rings is 1. The molecule has 3 heterocycles. The van der Waals surface area contributed by atoms with E-state index in [1.165, 1.54) is 0 Å². The number of amides is 2. The van der Waals surface area contributed by atoms with E-state index in [-0.39, 0.29) is 42.7 Å². The molecular weight excluding hydrogens is 544 g/mol. The molecule has 0 saturated carbocycles. The van der Waals surface area contributed by atoms with Crippen LogP contribution in [0.2, 0.25) is 0 Å². The summed E-state index contributed by atoms with van der Waals surface area (Å²) in [6.45, 7) is 20.3. The number of aromatic nitrogens is 2. The number of carbonyl (C=O) groups is 2. The maximum absolute atomic E-state index is 13.5. The number of likely N-dealkylation sites (tertiary alicyclic amines) is 1. The van der Waals surface area contributed by atoms with Crippen LogP contribution in [0.25, 0.3) is 11.3 Å². The number of aliphatic hydroxyl groups excluding tert-OH is 1. The topological polar surface area (TPSA) is 103 Å². The van der Waals surface area contributed by atoms with Crippen LogP contribution in [0.15, 0.2) is 30.5 Å². The normalized spacial score (nSPS) is 20.8. The smallest absolute Gasteiger partial charge is 0.243 e. The molecule has 10 nitrogen and oxygen atoms in total. The molecule has 2 aromatic rings. The maximum atomic E-state index is 13.5. The third-order valence-corrected chi connectivity index (χ3v) is 8.67. The number of carbonyl (C=O) groups excluding carboxylic acids is 2. The van der Waals surface area contributed by atoms with Gasteiger partial charge in [0, 0.05) is 75.5 Å². The van der Waals surface area contributed by atoms with Crippen LogP contribution in [0.4, 0.5) is 0 Å². The fourth-order valence-corrected chi connectivity index (χ4v) is 5.60. The van der Waals surface area contributed by atoms with E-state index in [0.29, 0.717) is 6.61 Å². The monoisotopic (exact) mass is 598 g/mol. The van der Waals surface area contributed by atoms with Gasteiger partial charge < -0.3 is 25.0 Å². The molecule has 2 amide bonds. The standard InChI is InChI=1S/C31H48N6O4.C2H6/c1-7-37-27(10-11-32-37)24-8-9-26(29(18-24)41-17-16-35-14-12-34(6)13-15-35)23(5)33-30(39)28-19-25(38)20-36(28)31(40)22(4)21(2)3;1-2/h8-11,18,21-23,25,28,38H,7,12-17,19-20H2,1-6H3,(H,33,39);1-2H3. The van der Waals surface area contributed by atoms with Crippen LogP contribution < -0.4 is 10.1 Å². The lowest BCUT2D eigenvalue weighted by Crippen LogP contribution is -2.48. The summed E-state index contributed by atoms with van der Waals surface area (Å²) in [4.78, 5) is 32.9. The van der Waals surface area contributed by atoms with Crippen LogP contribution in [-0.4, -0.2) is 106 Å². The first-order chi connectivity index (χ1) is 20.6. The number of rotatable bonds is 11. The number of aryl methyl sites for hydroxylation is 1. The predicted molar refractivity (Wildman–Crippen MR) is 171 cm³/mol. The Morgan fingerprint density at radius 3 is 2.44 bits per heavy atom. The summed E-state index contributed by atoms with van der Waals surface area (Å²) >= 11 is 0. The van der Waals surface area contributed by atoms with Crippen LogP contribution in [0.5, 0.6) is 5.75 Å². The van der Waals surface area contributed by atoms with E-state index in [0.717, 1.165) is 61.8 Å². The van der Waals surface area contributed by atoms with Gasteiger partial charge in [0.1, 0.15) is 18.4 Å². The van der Waals surface area contributed by atoms with Crippen molar-refractivity contribution < 1.29 is 19.4 Å². The maximum Gasteiger partial charge on any atom is 0.243 e. The number of likely N-dealkylation sites (N-methyl/N-ethyl adjacent to an activating group) is 1. The van der Waals surface area contributed by atoms with E-state index in [4.69, 9.17) is 4.74 Å². The lowest BCUT2D eigenvalue weighted by atomic mass is 9.96. The zero-order chi connectivity index (χ0) is 31.7. The van der Waals surface area contributed by atoms with Gasteiger partial charge in [-0.2, -0.15) is 5.10 Å². The first-order valence-electron chi connectivity index (χ1n) is 16.1. The minimum absolute atomic E-state index is 0.0887. The number of aliphatic hydroxyl groups is 1. The van der Waals surface area contributed by atoms with Gasteiger partial charge in [0.15, 0.2) is 0 Å². The molecule has 2 saturated heterocycles. The van der Waals surface area contributed by atoms with Crippen LogP contribution in [0.3, 0.4) is 0 Å². The average molecular weight is 599 g/mol. The van der Waals surface area contributed by atoms with Gasteiger partial charge in [0.25, 0.3) is 0 Å². The Morgan fingerprint density at radius 2 is 1.79 bits per heavy atom. The Labute approximate surface area is 258 Å². The molecule has 0 aliphatic carbocycles. The highest BCUT2D eigenvalue weighted by Gasteiger charge is 2.41. The highest BCUT2D eigenvalue weighted by molar-refractivity contribution is 5.89. The Balaban J connectivity index is 0.00000248. The van der Waals surface area contributed by atoms with Gasteiger partial charge >= 0.3 is 0 Å². The predicted octanol–water partition coefficient (Wildman–Crippen LogP) is 3.65. The summed E-state index contributed by atoms with van der Waals surface area (Å²) < 4.78 is 8.35. The summed E-state index contributed by atoms with van der Waals surface area (Å²) in [6, 6.07) is 7.02. The number of nitrogens with zero attached hydrogens (tertiary/aromatic N) is 5. The Hall–Kier alpha value is -2.95. The molecule has 1 aromatic heterocycles. The van der Waals surface area contributed by atoms with Crippen molar-refractivity contribution in [2.45, 2.75) is 79.6 Å². The lowest BCUT2D eigenvalue weighted by Gasteiger charge is -2.32. The van der Waals surface area contributed by atoms with E-state index >= 15 is 0 Å². The summed E-state index contributed by atoms with van der Waals surface area (Å²) in [6.07, 6.45) is 1.33. The summed E-state index contributed by atoms with van der Waals surface area (Å²) in [5, 5.41) is 17.9. The van der Waals surface area contributed by atoms with E-state index in [1.54, 1.807) is 11.1 Å². The fraction of sp³-hybridized carbons (Fsp3) is 0.667. The zero-order valence-corrected chi connectivity index (χ0v) is 27.5. The first kappa shape index (κ1) is 34.5. The molecule has 0 radical (unpaired) electrons. The highest BCUT2D eigenvalue weighted by atomic mass is 16.5. The Bertz CT molecular complexity index is 1180. The second kappa shape index (κ2) is 16.2. The van der Waals surface area contributed by atoms with Gasteiger partial charge in [-0.3, -0.25) is 19.2 Å². The molecular formula is C33H54N6O4. The second-order valence-electron chi connectivity index (χ2n) is 11.9. The highest BCUT2D eigenvalue weighted by Crippen LogP contribution is 2.32. The van der Waals surface area contributed by atoms with Crippen LogP contribution >= 0.6 is 0 Å². The molecule has 4 atom stereocenters. The number of ether oxygens (including phenoxy) is 1. The molecule has 4 unspecified atom stereocenters. The number of hydrogen-bond acceptors (Lipinski definition) is 7. The van der Waals surface area contributed by atoms with Gasteiger partial charge in [-0.05, 0) is 38.9 Å². The average Bonchev–Trinajstić information content (AvgIpc) is 3.65. The van der Waals surface area contributed by atoms with Crippen LogP contribution in [0, 0.1) is 11.8 Å². The molecule has 1 aromatic carbocycles. The van der Waals surface area contributed by atoms with Crippen molar-refractivity contribution in [1.82, 2.24) is 29.8 Å². The minimum Gasteiger partial charge on any atom is -0.492 e.